The van der Waals surface area contributed by atoms with Gasteiger partial charge in [0.1, 0.15) is 5.75 Å². The first-order chi connectivity index (χ1) is 9.49. The van der Waals surface area contributed by atoms with Gasteiger partial charge < -0.3 is 15.2 Å². The Morgan fingerprint density at radius 1 is 1.05 bits per heavy atom. The van der Waals surface area contributed by atoms with E-state index in [1.807, 2.05) is 0 Å². The number of aromatic nitrogens is 1. The van der Waals surface area contributed by atoms with Crippen molar-refractivity contribution in [2.45, 2.75) is 12.9 Å². The second kappa shape index (κ2) is 5.79. The van der Waals surface area contributed by atoms with Crippen LogP contribution in [0.15, 0.2) is 42.7 Å². The van der Waals surface area contributed by atoms with E-state index in [0.717, 1.165) is 0 Å². The van der Waals surface area contributed by atoms with E-state index >= 15 is 0 Å². The average molecular weight is 284 g/mol. The number of hydrogen-bond donors (Lipinski definition) is 1. The molecule has 0 aliphatic rings. The van der Waals surface area contributed by atoms with Gasteiger partial charge in [0, 0.05) is 24.5 Å². The number of rotatable bonds is 4. The van der Waals surface area contributed by atoms with Crippen LogP contribution < -0.4 is 15.2 Å². The van der Waals surface area contributed by atoms with Crippen molar-refractivity contribution in [1.82, 2.24) is 4.98 Å². The quantitative estimate of drug-likeness (QED) is 0.936. The Kier molecular flexibility index (Phi) is 4.09. The fourth-order valence-corrected chi connectivity index (χ4v) is 1.53. The SMILES string of the molecule is NCc1cnccc1Oc1ccccc1OC(F)(F)F. The van der Waals surface area contributed by atoms with Gasteiger partial charge in [-0.05, 0) is 18.2 Å². The number of pyridine rings is 1. The van der Waals surface area contributed by atoms with Crippen molar-refractivity contribution in [3.63, 3.8) is 0 Å². The van der Waals surface area contributed by atoms with E-state index in [2.05, 4.69) is 9.72 Å². The van der Waals surface area contributed by atoms with Crippen LogP contribution in [0.1, 0.15) is 5.56 Å². The van der Waals surface area contributed by atoms with Gasteiger partial charge in [0.15, 0.2) is 11.5 Å². The maximum atomic E-state index is 12.3. The lowest BCUT2D eigenvalue weighted by atomic mass is 10.2. The molecule has 2 rings (SSSR count). The fourth-order valence-electron chi connectivity index (χ4n) is 1.53. The van der Waals surface area contributed by atoms with E-state index in [9.17, 15) is 13.2 Å². The number of nitrogens with zero attached hydrogens (tertiary/aromatic N) is 1. The molecule has 0 aliphatic heterocycles. The number of nitrogens with two attached hydrogens (primary N) is 1. The van der Waals surface area contributed by atoms with Gasteiger partial charge >= 0.3 is 6.36 Å². The molecule has 1 heterocycles. The first kappa shape index (κ1) is 14.1. The van der Waals surface area contributed by atoms with Gasteiger partial charge in [0.05, 0.1) is 0 Å². The summed E-state index contributed by atoms with van der Waals surface area (Å²) in [6.07, 6.45) is -1.83. The molecule has 0 bridgehead atoms. The van der Waals surface area contributed by atoms with Gasteiger partial charge in [-0.15, -0.1) is 13.2 Å². The Bertz CT molecular complexity index is 588. The third kappa shape index (κ3) is 3.61. The van der Waals surface area contributed by atoms with E-state index in [-0.39, 0.29) is 12.3 Å². The van der Waals surface area contributed by atoms with Crippen molar-refractivity contribution in [3.8, 4) is 17.2 Å². The number of halogens is 3. The number of ether oxygens (including phenoxy) is 2. The summed E-state index contributed by atoms with van der Waals surface area (Å²) < 4.78 is 46.2. The summed E-state index contributed by atoms with van der Waals surface area (Å²) in [5.41, 5.74) is 6.09. The lowest BCUT2D eigenvalue weighted by Gasteiger charge is -2.14. The highest BCUT2D eigenvalue weighted by Crippen LogP contribution is 2.35. The Balaban J connectivity index is 2.29. The van der Waals surface area contributed by atoms with Crippen LogP contribution in [0.5, 0.6) is 17.2 Å². The highest BCUT2D eigenvalue weighted by Gasteiger charge is 2.32. The van der Waals surface area contributed by atoms with E-state index in [1.54, 1.807) is 6.07 Å². The van der Waals surface area contributed by atoms with Gasteiger partial charge in [-0.2, -0.15) is 0 Å². The van der Waals surface area contributed by atoms with Gasteiger partial charge in [0.25, 0.3) is 0 Å². The normalized spacial score (nSPS) is 11.2. The lowest BCUT2D eigenvalue weighted by molar-refractivity contribution is -0.275. The van der Waals surface area contributed by atoms with Crippen LogP contribution >= 0.6 is 0 Å². The molecule has 20 heavy (non-hydrogen) atoms. The molecule has 0 spiro atoms. The fraction of sp³-hybridized carbons (Fsp3) is 0.154. The summed E-state index contributed by atoms with van der Waals surface area (Å²) in [6, 6.07) is 7.03. The zero-order chi connectivity index (χ0) is 14.6. The van der Waals surface area contributed by atoms with E-state index in [0.29, 0.717) is 11.3 Å². The largest absolute Gasteiger partial charge is 0.573 e. The van der Waals surface area contributed by atoms with Crippen molar-refractivity contribution in [2.75, 3.05) is 0 Å². The monoisotopic (exact) mass is 284 g/mol. The molecule has 4 nitrogen and oxygen atoms in total. The number of benzene rings is 1. The molecule has 2 aromatic rings. The molecule has 2 N–H and O–H groups in total. The van der Waals surface area contributed by atoms with Gasteiger partial charge in [-0.1, -0.05) is 12.1 Å². The summed E-state index contributed by atoms with van der Waals surface area (Å²) >= 11 is 0. The molecule has 0 saturated carbocycles. The highest BCUT2D eigenvalue weighted by molar-refractivity contribution is 5.44. The molecule has 0 saturated heterocycles. The smallest absolute Gasteiger partial charge is 0.453 e. The summed E-state index contributed by atoms with van der Waals surface area (Å²) in [5, 5.41) is 0. The Morgan fingerprint density at radius 2 is 1.75 bits per heavy atom. The molecule has 0 amide bonds. The molecule has 106 valence electrons. The molecule has 7 heteroatoms. The average Bonchev–Trinajstić information content (AvgIpc) is 2.40. The molecule has 1 aromatic heterocycles. The van der Waals surface area contributed by atoms with Crippen molar-refractivity contribution in [3.05, 3.63) is 48.3 Å². The summed E-state index contributed by atoms with van der Waals surface area (Å²) in [7, 11) is 0. The Hall–Kier alpha value is -2.28. The minimum Gasteiger partial charge on any atom is -0.453 e. The van der Waals surface area contributed by atoms with Crippen LogP contribution in [0, 0.1) is 0 Å². The van der Waals surface area contributed by atoms with Crippen LogP contribution in [0.2, 0.25) is 0 Å². The van der Waals surface area contributed by atoms with Crippen molar-refractivity contribution < 1.29 is 22.6 Å². The first-order valence-corrected chi connectivity index (χ1v) is 5.65. The van der Waals surface area contributed by atoms with Crippen molar-refractivity contribution >= 4 is 0 Å². The molecule has 0 aliphatic carbocycles. The van der Waals surface area contributed by atoms with E-state index in [1.165, 1.54) is 36.7 Å². The molecule has 0 radical (unpaired) electrons. The molecule has 0 atom stereocenters. The Labute approximate surface area is 113 Å². The first-order valence-electron chi connectivity index (χ1n) is 5.65. The van der Waals surface area contributed by atoms with Gasteiger partial charge in [0.2, 0.25) is 0 Å². The van der Waals surface area contributed by atoms with Gasteiger partial charge in [-0.3, -0.25) is 4.98 Å². The van der Waals surface area contributed by atoms with E-state index in [4.69, 9.17) is 10.5 Å². The molecule has 1 aromatic carbocycles. The van der Waals surface area contributed by atoms with Crippen LogP contribution in [0.25, 0.3) is 0 Å². The number of alkyl halides is 3. The van der Waals surface area contributed by atoms with E-state index < -0.39 is 12.1 Å². The van der Waals surface area contributed by atoms with Crippen LogP contribution in [-0.2, 0) is 6.54 Å². The molecule has 0 unspecified atom stereocenters. The lowest BCUT2D eigenvalue weighted by Crippen LogP contribution is -2.17. The molecule has 0 fully saturated rings. The summed E-state index contributed by atoms with van der Waals surface area (Å²) in [5.74, 6) is -0.133. The third-order valence-electron chi connectivity index (χ3n) is 2.37. The maximum Gasteiger partial charge on any atom is 0.573 e. The highest BCUT2D eigenvalue weighted by atomic mass is 19.4. The van der Waals surface area contributed by atoms with Crippen molar-refractivity contribution in [1.29, 1.82) is 0 Å². The molecular weight excluding hydrogens is 273 g/mol. The zero-order valence-corrected chi connectivity index (χ0v) is 10.2. The predicted octanol–water partition coefficient (Wildman–Crippen LogP) is 3.23. The van der Waals surface area contributed by atoms with Crippen LogP contribution in [0.4, 0.5) is 13.2 Å². The third-order valence-corrected chi connectivity index (χ3v) is 2.37. The maximum absolute atomic E-state index is 12.3. The van der Waals surface area contributed by atoms with Gasteiger partial charge in [-0.25, -0.2) is 0 Å². The minimum atomic E-state index is -4.78. The van der Waals surface area contributed by atoms with Crippen LogP contribution in [0.3, 0.4) is 0 Å². The summed E-state index contributed by atoms with van der Waals surface area (Å²) in [4.78, 5) is 3.87. The topological polar surface area (TPSA) is 57.4 Å². The molecular formula is C13H11F3N2O2. The number of hydrogen-bond acceptors (Lipinski definition) is 4. The number of para-hydroxylation sites is 2. The second-order valence-corrected chi connectivity index (χ2v) is 3.78. The second-order valence-electron chi connectivity index (χ2n) is 3.78. The minimum absolute atomic E-state index is 0.0503. The van der Waals surface area contributed by atoms with Crippen molar-refractivity contribution in [2.24, 2.45) is 5.73 Å². The standard InChI is InChI=1S/C13H11F3N2O2/c14-13(15,16)20-12-4-2-1-3-11(12)19-10-5-6-18-8-9(10)7-17/h1-6,8H,7,17H2. The zero-order valence-electron chi connectivity index (χ0n) is 10.2. The Morgan fingerprint density at radius 3 is 2.40 bits per heavy atom. The van der Waals surface area contributed by atoms with Crippen LogP contribution in [-0.4, -0.2) is 11.3 Å². The predicted molar refractivity (Wildman–Crippen MR) is 65.3 cm³/mol. The summed E-state index contributed by atoms with van der Waals surface area (Å²) in [6.45, 7) is 0.158.